The van der Waals surface area contributed by atoms with Crippen molar-refractivity contribution < 1.29 is 9.31 Å². The predicted octanol–water partition coefficient (Wildman–Crippen LogP) is 4.24. The Hall–Kier alpha value is -2.10. The van der Waals surface area contributed by atoms with Crippen LogP contribution in [0, 0.1) is 0 Å². The fourth-order valence-electron chi connectivity index (χ4n) is 2.03. The molecule has 105 valence electrons. The van der Waals surface area contributed by atoms with Crippen molar-refractivity contribution in [3.8, 4) is 0 Å². The van der Waals surface area contributed by atoms with Crippen LogP contribution in [-0.2, 0) is 22.5 Å². The molecule has 0 aliphatic heterocycles. The van der Waals surface area contributed by atoms with Gasteiger partial charge in [-0.2, -0.15) is 0 Å². The SMILES string of the molecule is C=Cc1ccccc1CO[B]OCc1ccccc1C=C. The molecule has 0 saturated heterocycles. The normalized spacial score (nSPS) is 10.1. The Labute approximate surface area is 127 Å². The van der Waals surface area contributed by atoms with E-state index in [1.54, 1.807) is 0 Å². The molecular formula is C18H18BO2. The molecule has 0 aliphatic rings. The van der Waals surface area contributed by atoms with Gasteiger partial charge in [0.1, 0.15) is 0 Å². The summed E-state index contributed by atoms with van der Waals surface area (Å²) in [6.07, 6.45) is 3.64. The van der Waals surface area contributed by atoms with Crippen LogP contribution in [0.5, 0.6) is 0 Å². The molecular weight excluding hydrogens is 259 g/mol. The lowest BCUT2D eigenvalue weighted by molar-refractivity contribution is 0.207. The summed E-state index contributed by atoms with van der Waals surface area (Å²) in [5.74, 6) is 0. The second-order valence-corrected chi connectivity index (χ2v) is 4.52. The number of benzene rings is 2. The standard InChI is InChI=1S/C18H18BO2/c1-3-15-9-5-7-11-17(15)13-20-19-21-14-18-12-8-6-10-16(18)4-2/h3-12H,1-2,13-14H2. The van der Waals surface area contributed by atoms with E-state index < -0.39 is 0 Å². The monoisotopic (exact) mass is 277 g/mol. The van der Waals surface area contributed by atoms with Gasteiger partial charge < -0.3 is 9.31 Å². The predicted molar refractivity (Wildman–Crippen MR) is 88.4 cm³/mol. The Kier molecular flexibility index (Phi) is 6.01. The van der Waals surface area contributed by atoms with E-state index in [4.69, 9.17) is 9.31 Å². The summed E-state index contributed by atoms with van der Waals surface area (Å²) >= 11 is 0. The highest BCUT2D eigenvalue weighted by atomic mass is 16.6. The number of rotatable bonds is 8. The van der Waals surface area contributed by atoms with Gasteiger partial charge in [-0.1, -0.05) is 73.8 Å². The average molecular weight is 277 g/mol. The fourth-order valence-corrected chi connectivity index (χ4v) is 2.03. The minimum Gasteiger partial charge on any atom is -0.409 e. The third kappa shape index (κ3) is 4.45. The van der Waals surface area contributed by atoms with Gasteiger partial charge in [0.2, 0.25) is 0 Å². The van der Waals surface area contributed by atoms with Gasteiger partial charge in [0, 0.05) is 0 Å². The van der Waals surface area contributed by atoms with Gasteiger partial charge in [-0.25, -0.2) is 0 Å². The highest BCUT2D eigenvalue weighted by molar-refractivity contribution is 6.17. The molecule has 0 spiro atoms. The minimum atomic E-state index is 0.464. The Morgan fingerprint density at radius 1 is 0.762 bits per heavy atom. The van der Waals surface area contributed by atoms with Crippen LogP contribution in [0.15, 0.2) is 61.7 Å². The molecule has 0 N–H and O–H groups in total. The van der Waals surface area contributed by atoms with Crippen molar-refractivity contribution in [1.29, 1.82) is 0 Å². The van der Waals surface area contributed by atoms with Gasteiger partial charge in [0.25, 0.3) is 0 Å². The summed E-state index contributed by atoms with van der Waals surface area (Å²) in [5.41, 5.74) is 4.31. The molecule has 21 heavy (non-hydrogen) atoms. The molecule has 3 heteroatoms. The fraction of sp³-hybridized carbons (Fsp3) is 0.111. The molecule has 0 saturated carbocycles. The van der Waals surface area contributed by atoms with Crippen LogP contribution in [0.2, 0.25) is 0 Å². The van der Waals surface area contributed by atoms with Crippen molar-refractivity contribution in [3.05, 3.63) is 83.9 Å². The van der Waals surface area contributed by atoms with Crippen LogP contribution < -0.4 is 0 Å². The quantitative estimate of drug-likeness (QED) is 0.530. The van der Waals surface area contributed by atoms with E-state index in [0.717, 1.165) is 22.3 Å². The van der Waals surface area contributed by atoms with E-state index in [1.165, 1.54) is 7.69 Å². The maximum absolute atomic E-state index is 5.44. The summed E-state index contributed by atoms with van der Waals surface area (Å²) in [5, 5.41) is 0. The molecule has 0 amide bonds. The third-order valence-electron chi connectivity index (χ3n) is 3.16. The Bertz CT molecular complexity index is 554. The summed E-state index contributed by atoms with van der Waals surface area (Å²) < 4.78 is 10.9. The van der Waals surface area contributed by atoms with E-state index in [1.807, 2.05) is 60.7 Å². The first kappa shape index (κ1) is 15.3. The average Bonchev–Trinajstić information content (AvgIpc) is 2.55. The van der Waals surface area contributed by atoms with Gasteiger partial charge >= 0.3 is 7.69 Å². The maximum Gasteiger partial charge on any atom is 0.488 e. The molecule has 0 bridgehead atoms. The highest BCUT2D eigenvalue weighted by Gasteiger charge is 2.02. The third-order valence-corrected chi connectivity index (χ3v) is 3.16. The van der Waals surface area contributed by atoms with E-state index >= 15 is 0 Å². The van der Waals surface area contributed by atoms with Crippen LogP contribution >= 0.6 is 0 Å². The first-order valence-corrected chi connectivity index (χ1v) is 6.80. The molecule has 0 atom stereocenters. The van der Waals surface area contributed by atoms with E-state index in [9.17, 15) is 0 Å². The van der Waals surface area contributed by atoms with Gasteiger partial charge in [0.05, 0.1) is 13.2 Å². The van der Waals surface area contributed by atoms with Gasteiger partial charge in [0.15, 0.2) is 0 Å². The van der Waals surface area contributed by atoms with E-state index in [2.05, 4.69) is 13.2 Å². The van der Waals surface area contributed by atoms with E-state index in [0.29, 0.717) is 13.2 Å². The van der Waals surface area contributed by atoms with Crippen molar-refractivity contribution in [2.24, 2.45) is 0 Å². The van der Waals surface area contributed by atoms with E-state index in [-0.39, 0.29) is 0 Å². The van der Waals surface area contributed by atoms with Crippen molar-refractivity contribution >= 4 is 19.8 Å². The smallest absolute Gasteiger partial charge is 0.409 e. The van der Waals surface area contributed by atoms with Crippen molar-refractivity contribution in [2.75, 3.05) is 0 Å². The molecule has 2 aromatic carbocycles. The lowest BCUT2D eigenvalue weighted by atomic mass is 10.1. The first-order chi connectivity index (χ1) is 10.3. The zero-order chi connectivity index (χ0) is 14.9. The summed E-state index contributed by atoms with van der Waals surface area (Å²) in [7, 11) is 1.39. The van der Waals surface area contributed by atoms with Crippen LogP contribution in [0.25, 0.3) is 12.2 Å². The lowest BCUT2D eigenvalue weighted by Gasteiger charge is -2.08. The Morgan fingerprint density at radius 2 is 1.19 bits per heavy atom. The molecule has 0 heterocycles. The van der Waals surface area contributed by atoms with Crippen LogP contribution in [0.4, 0.5) is 0 Å². The van der Waals surface area contributed by atoms with Crippen molar-refractivity contribution in [1.82, 2.24) is 0 Å². The second kappa shape index (κ2) is 8.25. The van der Waals surface area contributed by atoms with Gasteiger partial charge in [-0.05, 0) is 22.3 Å². The first-order valence-electron chi connectivity index (χ1n) is 6.80. The Morgan fingerprint density at radius 3 is 1.62 bits per heavy atom. The van der Waals surface area contributed by atoms with Crippen LogP contribution in [0.3, 0.4) is 0 Å². The lowest BCUT2D eigenvalue weighted by Crippen LogP contribution is -2.06. The topological polar surface area (TPSA) is 18.5 Å². The molecule has 2 rings (SSSR count). The minimum absolute atomic E-state index is 0.464. The number of hydrogen-bond acceptors (Lipinski definition) is 2. The molecule has 2 nitrogen and oxygen atoms in total. The highest BCUT2D eigenvalue weighted by Crippen LogP contribution is 2.12. The zero-order valence-electron chi connectivity index (χ0n) is 12.0. The molecule has 0 aromatic heterocycles. The Balaban J connectivity index is 1.77. The summed E-state index contributed by atoms with van der Waals surface area (Å²) in [6, 6.07) is 16.0. The van der Waals surface area contributed by atoms with Gasteiger partial charge in [-0.15, -0.1) is 0 Å². The summed E-state index contributed by atoms with van der Waals surface area (Å²) in [4.78, 5) is 0. The maximum atomic E-state index is 5.44. The zero-order valence-corrected chi connectivity index (χ0v) is 12.0. The second-order valence-electron chi connectivity index (χ2n) is 4.52. The van der Waals surface area contributed by atoms with Crippen molar-refractivity contribution in [2.45, 2.75) is 13.2 Å². The summed E-state index contributed by atoms with van der Waals surface area (Å²) in [6.45, 7) is 8.50. The molecule has 1 radical (unpaired) electrons. The number of hydrogen-bond donors (Lipinski definition) is 0. The molecule has 0 unspecified atom stereocenters. The molecule has 0 fully saturated rings. The largest absolute Gasteiger partial charge is 0.488 e. The van der Waals surface area contributed by atoms with Gasteiger partial charge in [-0.3, -0.25) is 0 Å². The van der Waals surface area contributed by atoms with Crippen LogP contribution in [0.1, 0.15) is 22.3 Å². The molecule has 0 aliphatic carbocycles. The van der Waals surface area contributed by atoms with Crippen molar-refractivity contribution in [3.63, 3.8) is 0 Å². The van der Waals surface area contributed by atoms with Crippen LogP contribution in [-0.4, -0.2) is 7.69 Å². The molecule has 2 aromatic rings.